The molecule has 1 saturated heterocycles. The minimum atomic E-state index is -0.351. The van der Waals surface area contributed by atoms with Crippen LogP contribution in [0.15, 0.2) is 0 Å². The molecule has 1 saturated carbocycles. The minimum Gasteiger partial charge on any atom is -0.463 e. The molecule has 0 aromatic heterocycles. The Morgan fingerprint density at radius 1 is 1.29 bits per heavy atom. The van der Waals surface area contributed by atoms with Gasteiger partial charge in [0.05, 0.1) is 13.2 Å². The molecule has 2 fully saturated rings. The van der Waals surface area contributed by atoms with Crippen LogP contribution in [-0.4, -0.2) is 31.1 Å². The number of carbonyl (C=O) groups is 1. The molecule has 80 valence electrons. The molecule has 1 spiro atoms. The van der Waals surface area contributed by atoms with Crippen molar-refractivity contribution in [3.05, 3.63) is 0 Å². The fourth-order valence-corrected chi connectivity index (χ4v) is 2.17. The van der Waals surface area contributed by atoms with Gasteiger partial charge in [0, 0.05) is 19.8 Å². The summed E-state index contributed by atoms with van der Waals surface area (Å²) < 4.78 is 16.3. The summed E-state index contributed by atoms with van der Waals surface area (Å²) in [5.41, 5.74) is 0. The normalized spacial score (nSPS) is 26.6. The molecule has 4 heteroatoms. The van der Waals surface area contributed by atoms with Gasteiger partial charge in [0.25, 0.3) is 0 Å². The lowest BCUT2D eigenvalue weighted by Gasteiger charge is -2.34. The number of hydrogen-bond donors (Lipinski definition) is 0. The van der Waals surface area contributed by atoms with Gasteiger partial charge in [-0.1, -0.05) is 0 Å². The maximum absolute atomic E-state index is 10.7. The molecule has 4 nitrogen and oxygen atoms in total. The van der Waals surface area contributed by atoms with Gasteiger partial charge >= 0.3 is 5.97 Å². The third-order valence-electron chi connectivity index (χ3n) is 2.84. The van der Waals surface area contributed by atoms with Crippen molar-refractivity contribution in [1.82, 2.24) is 0 Å². The first kappa shape index (κ1) is 9.93. The number of rotatable bonds is 1. The van der Waals surface area contributed by atoms with Crippen LogP contribution in [0.4, 0.5) is 0 Å². The van der Waals surface area contributed by atoms with Crippen LogP contribution in [0.1, 0.15) is 32.6 Å². The number of carbonyl (C=O) groups excluding carboxylic acids is 1. The molecule has 1 aliphatic heterocycles. The Kier molecular flexibility index (Phi) is 2.74. The highest BCUT2D eigenvalue weighted by Gasteiger charge is 2.40. The topological polar surface area (TPSA) is 44.8 Å². The minimum absolute atomic E-state index is 0.0610. The Labute approximate surface area is 83.5 Å². The van der Waals surface area contributed by atoms with Gasteiger partial charge in [-0.25, -0.2) is 0 Å². The van der Waals surface area contributed by atoms with Crippen LogP contribution in [0, 0.1) is 0 Å². The lowest BCUT2D eigenvalue weighted by Crippen LogP contribution is -2.38. The van der Waals surface area contributed by atoms with Gasteiger partial charge in [-0.05, 0) is 12.8 Å². The number of esters is 1. The monoisotopic (exact) mass is 200 g/mol. The van der Waals surface area contributed by atoms with E-state index in [0.717, 1.165) is 25.7 Å². The average molecular weight is 200 g/mol. The van der Waals surface area contributed by atoms with Gasteiger partial charge < -0.3 is 14.2 Å². The first-order valence-electron chi connectivity index (χ1n) is 5.15. The molecule has 2 rings (SSSR count). The van der Waals surface area contributed by atoms with Gasteiger partial charge in [0.2, 0.25) is 0 Å². The summed E-state index contributed by atoms with van der Waals surface area (Å²) >= 11 is 0. The molecule has 2 aliphatic rings. The van der Waals surface area contributed by atoms with Crippen molar-refractivity contribution in [3.63, 3.8) is 0 Å². The third-order valence-corrected chi connectivity index (χ3v) is 2.84. The molecule has 0 bridgehead atoms. The lowest BCUT2D eigenvalue weighted by atomic mass is 9.92. The van der Waals surface area contributed by atoms with Gasteiger partial charge in [-0.2, -0.15) is 0 Å². The summed E-state index contributed by atoms with van der Waals surface area (Å²) in [5, 5.41) is 0. The molecular formula is C10H16O4. The molecule has 0 aromatic rings. The lowest BCUT2D eigenvalue weighted by molar-refractivity contribution is -0.194. The van der Waals surface area contributed by atoms with Crippen molar-refractivity contribution in [3.8, 4) is 0 Å². The predicted molar refractivity (Wildman–Crippen MR) is 48.7 cm³/mol. The molecule has 0 radical (unpaired) electrons. The van der Waals surface area contributed by atoms with Gasteiger partial charge in [-0.15, -0.1) is 0 Å². The van der Waals surface area contributed by atoms with Crippen molar-refractivity contribution in [2.75, 3.05) is 13.2 Å². The molecule has 0 amide bonds. The van der Waals surface area contributed by atoms with Crippen molar-refractivity contribution in [1.29, 1.82) is 0 Å². The van der Waals surface area contributed by atoms with Crippen LogP contribution in [0.5, 0.6) is 0 Å². The Morgan fingerprint density at radius 2 is 1.86 bits per heavy atom. The van der Waals surface area contributed by atoms with E-state index in [4.69, 9.17) is 14.2 Å². The van der Waals surface area contributed by atoms with Crippen LogP contribution in [-0.2, 0) is 19.0 Å². The summed E-state index contributed by atoms with van der Waals surface area (Å²) in [6.45, 7) is 2.84. The molecule has 0 aromatic carbocycles. The fraction of sp³-hybridized carbons (Fsp3) is 0.900. The average Bonchev–Trinajstić information content (AvgIpc) is 2.58. The quantitative estimate of drug-likeness (QED) is 0.597. The highest BCUT2D eigenvalue weighted by Crippen LogP contribution is 2.36. The highest BCUT2D eigenvalue weighted by atomic mass is 16.7. The zero-order valence-corrected chi connectivity index (χ0v) is 8.45. The molecule has 14 heavy (non-hydrogen) atoms. The summed E-state index contributed by atoms with van der Waals surface area (Å²) in [6, 6.07) is 0. The van der Waals surface area contributed by atoms with E-state index in [9.17, 15) is 4.79 Å². The van der Waals surface area contributed by atoms with Crippen molar-refractivity contribution in [2.24, 2.45) is 0 Å². The van der Waals surface area contributed by atoms with Gasteiger partial charge in [-0.3, -0.25) is 4.79 Å². The second kappa shape index (κ2) is 3.87. The van der Waals surface area contributed by atoms with E-state index in [-0.39, 0.29) is 17.9 Å². The van der Waals surface area contributed by atoms with Crippen LogP contribution >= 0.6 is 0 Å². The van der Waals surface area contributed by atoms with Crippen LogP contribution in [0.3, 0.4) is 0 Å². The van der Waals surface area contributed by atoms with E-state index in [1.807, 2.05) is 0 Å². The van der Waals surface area contributed by atoms with E-state index < -0.39 is 0 Å². The first-order chi connectivity index (χ1) is 6.70. The molecule has 0 unspecified atom stereocenters. The maximum Gasteiger partial charge on any atom is 0.302 e. The van der Waals surface area contributed by atoms with E-state index in [1.54, 1.807) is 0 Å². The second-order valence-electron chi connectivity index (χ2n) is 3.92. The molecule has 0 N–H and O–H groups in total. The van der Waals surface area contributed by atoms with Crippen LogP contribution < -0.4 is 0 Å². The fourth-order valence-electron chi connectivity index (χ4n) is 2.17. The summed E-state index contributed by atoms with van der Waals surface area (Å²) in [4.78, 5) is 10.7. The third kappa shape index (κ3) is 2.07. The largest absolute Gasteiger partial charge is 0.463 e. The Morgan fingerprint density at radius 3 is 2.36 bits per heavy atom. The van der Waals surface area contributed by atoms with E-state index in [2.05, 4.69) is 0 Å². The van der Waals surface area contributed by atoms with Gasteiger partial charge in [0.1, 0.15) is 6.10 Å². The predicted octanol–water partition coefficient (Wildman–Crippen LogP) is 1.24. The van der Waals surface area contributed by atoms with Crippen LogP contribution in [0.25, 0.3) is 0 Å². The second-order valence-corrected chi connectivity index (χ2v) is 3.92. The van der Waals surface area contributed by atoms with Crippen molar-refractivity contribution in [2.45, 2.75) is 44.5 Å². The Balaban J connectivity index is 1.82. The zero-order chi connectivity index (χ0) is 10.0. The summed E-state index contributed by atoms with van der Waals surface area (Å²) in [6.07, 6.45) is 3.43. The molecule has 1 aliphatic carbocycles. The van der Waals surface area contributed by atoms with Crippen LogP contribution in [0.2, 0.25) is 0 Å². The summed E-state index contributed by atoms with van der Waals surface area (Å²) in [7, 11) is 0. The Hall–Kier alpha value is -0.610. The van der Waals surface area contributed by atoms with Crippen molar-refractivity contribution < 1.29 is 19.0 Å². The van der Waals surface area contributed by atoms with Gasteiger partial charge in [0.15, 0.2) is 5.79 Å². The summed E-state index contributed by atoms with van der Waals surface area (Å²) in [5.74, 6) is -0.546. The molecular weight excluding hydrogens is 184 g/mol. The number of ether oxygens (including phenoxy) is 3. The molecule has 1 heterocycles. The molecule has 0 atom stereocenters. The standard InChI is InChI=1S/C10H16O4/c1-8(11)14-9-2-4-10(5-3-9)12-6-7-13-10/h9H,2-7H2,1H3. The number of hydrogen-bond acceptors (Lipinski definition) is 4. The highest BCUT2D eigenvalue weighted by molar-refractivity contribution is 5.66. The van der Waals surface area contributed by atoms with E-state index >= 15 is 0 Å². The van der Waals surface area contributed by atoms with E-state index in [1.165, 1.54) is 6.92 Å². The smallest absolute Gasteiger partial charge is 0.302 e. The zero-order valence-electron chi connectivity index (χ0n) is 8.45. The van der Waals surface area contributed by atoms with E-state index in [0.29, 0.717) is 13.2 Å². The maximum atomic E-state index is 10.7. The SMILES string of the molecule is CC(=O)OC1CCC2(CC1)OCCO2. The first-order valence-corrected chi connectivity index (χ1v) is 5.15. The Bertz CT molecular complexity index is 210. The van der Waals surface area contributed by atoms with Crippen molar-refractivity contribution >= 4 is 5.97 Å².